The smallest absolute Gasteiger partial charge is 0.416 e. The van der Waals surface area contributed by atoms with Crippen LogP contribution in [0, 0.1) is 0 Å². The van der Waals surface area contributed by atoms with Crippen LogP contribution >= 0.6 is 0 Å². The van der Waals surface area contributed by atoms with Crippen LogP contribution in [-0.2, 0) is 16.0 Å². The molecule has 1 aliphatic heterocycles. The van der Waals surface area contributed by atoms with Crippen molar-refractivity contribution in [2.24, 2.45) is 0 Å². The molecule has 1 aromatic rings. The first kappa shape index (κ1) is 16.3. The van der Waals surface area contributed by atoms with E-state index in [4.69, 9.17) is 4.74 Å². The number of cyclic esters (lactones) is 1. The first-order valence-electron chi connectivity index (χ1n) is 7.86. The number of benzene rings is 1. The highest BCUT2D eigenvalue weighted by atomic mass is 16.6. The van der Waals surface area contributed by atoms with Gasteiger partial charge in [-0.2, -0.15) is 0 Å². The van der Waals surface area contributed by atoms with Crippen molar-refractivity contribution in [2.45, 2.75) is 45.1 Å². The molecule has 1 saturated heterocycles. The second-order valence-corrected chi connectivity index (χ2v) is 5.50. The van der Waals surface area contributed by atoms with E-state index in [1.54, 1.807) is 0 Å². The monoisotopic (exact) mass is 301 g/mol. The molecule has 0 aliphatic carbocycles. The molecule has 0 aromatic heterocycles. The van der Waals surface area contributed by atoms with Gasteiger partial charge < -0.3 is 4.74 Å². The second kappa shape index (κ2) is 8.37. The van der Waals surface area contributed by atoms with Gasteiger partial charge in [0.1, 0.15) is 6.61 Å². The standard InChI is InChI=1S/C18H23NO3/c1-2-3-4-5-9-12-17(20)19-16(14-22-18(19)21)13-15-10-7-6-8-11-15/h2-3,6-8,10-11,16H,4-5,9,12-14H2,1H3/b3-2+/t16-/m1/s1. The Hall–Kier alpha value is -2.10. The topological polar surface area (TPSA) is 46.6 Å². The second-order valence-electron chi connectivity index (χ2n) is 5.50. The Bertz CT molecular complexity index is 524. The highest BCUT2D eigenvalue weighted by Gasteiger charge is 2.37. The van der Waals surface area contributed by atoms with E-state index < -0.39 is 6.09 Å². The fourth-order valence-electron chi connectivity index (χ4n) is 2.63. The van der Waals surface area contributed by atoms with Gasteiger partial charge in [0.25, 0.3) is 0 Å². The Morgan fingerprint density at radius 1 is 1.32 bits per heavy atom. The number of hydrogen-bond donors (Lipinski definition) is 0. The molecule has 4 nitrogen and oxygen atoms in total. The lowest BCUT2D eigenvalue weighted by atomic mass is 10.1. The van der Waals surface area contributed by atoms with Gasteiger partial charge in [0.15, 0.2) is 0 Å². The highest BCUT2D eigenvalue weighted by molar-refractivity contribution is 5.93. The number of allylic oxidation sites excluding steroid dienone is 2. The summed E-state index contributed by atoms with van der Waals surface area (Å²) in [7, 11) is 0. The Kier molecular flexibility index (Phi) is 6.19. The molecule has 4 heteroatoms. The number of imide groups is 1. The third-order valence-electron chi connectivity index (χ3n) is 3.79. The number of nitrogens with zero attached hydrogens (tertiary/aromatic N) is 1. The number of ether oxygens (including phenoxy) is 1. The van der Waals surface area contributed by atoms with Crippen LogP contribution in [0.5, 0.6) is 0 Å². The summed E-state index contributed by atoms with van der Waals surface area (Å²) in [5.74, 6) is -0.121. The van der Waals surface area contributed by atoms with Crippen molar-refractivity contribution >= 4 is 12.0 Å². The number of amides is 2. The molecule has 0 radical (unpaired) electrons. The van der Waals surface area contributed by atoms with E-state index in [0.29, 0.717) is 12.8 Å². The van der Waals surface area contributed by atoms with Crippen LogP contribution in [-0.4, -0.2) is 29.5 Å². The normalized spacial score (nSPS) is 18.0. The summed E-state index contributed by atoms with van der Waals surface area (Å²) >= 11 is 0. The number of unbranched alkanes of at least 4 members (excludes halogenated alkanes) is 2. The third kappa shape index (κ3) is 4.45. The maximum atomic E-state index is 12.3. The van der Waals surface area contributed by atoms with Gasteiger partial charge in [0, 0.05) is 6.42 Å². The van der Waals surface area contributed by atoms with Crippen molar-refractivity contribution in [3.05, 3.63) is 48.0 Å². The summed E-state index contributed by atoms with van der Waals surface area (Å²) in [6, 6.07) is 9.69. The van der Waals surface area contributed by atoms with E-state index >= 15 is 0 Å². The van der Waals surface area contributed by atoms with Crippen LogP contribution in [0.25, 0.3) is 0 Å². The Morgan fingerprint density at radius 3 is 2.82 bits per heavy atom. The summed E-state index contributed by atoms with van der Waals surface area (Å²) < 4.78 is 5.07. The molecule has 0 saturated carbocycles. The summed E-state index contributed by atoms with van der Waals surface area (Å²) in [5, 5.41) is 0. The van der Waals surface area contributed by atoms with Crippen molar-refractivity contribution in [1.82, 2.24) is 4.90 Å². The van der Waals surface area contributed by atoms with Crippen molar-refractivity contribution < 1.29 is 14.3 Å². The Balaban J connectivity index is 1.88. The lowest BCUT2D eigenvalue weighted by Gasteiger charge is -2.19. The van der Waals surface area contributed by atoms with Gasteiger partial charge in [-0.15, -0.1) is 0 Å². The highest BCUT2D eigenvalue weighted by Crippen LogP contribution is 2.19. The van der Waals surface area contributed by atoms with E-state index in [1.807, 2.05) is 43.3 Å². The van der Waals surface area contributed by atoms with Crippen molar-refractivity contribution in [1.29, 1.82) is 0 Å². The van der Waals surface area contributed by atoms with E-state index in [9.17, 15) is 9.59 Å². The minimum Gasteiger partial charge on any atom is -0.447 e. The summed E-state index contributed by atoms with van der Waals surface area (Å²) in [4.78, 5) is 25.4. The maximum Gasteiger partial charge on any atom is 0.416 e. The molecule has 1 aliphatic rings. The lowest BCUT2D eigenvalue weighted by Crippen LogP contribution is -2.40. The van der Waals surface area contributed by atoms with Crippen LogP contribution in [0.2, 0.25) is 0 Å². The average Bonchev–Trinajstić information content (AvgIpc) is 2.88. The molecule has 1 aromatic carbocycles. The number of hydrogen-bond acceptors (Lipinski definition) is 3. The predicted octanol–water partition coefficient (Wildman–Crippen LogP) is 3.71. The van der Waals surface area contributed by atoms with Crippen LogP contribution in [0.15, 0.2) is 42.5 Å². The first-order chi connectivity index (χ1) is 10.7. The van der Waals surface area contributed by atoms with Gasteiger partial charge in [-0.3, -0.25) is 4.79 Å². The minimum atomic E-state index is -0.501. The molecule has 1 heterocycles. The molecule has 0 spiro atoms. The van der Waals surface area contributed by atoms with E-state index in [-0.39, 0.29) is 18.6 Å². The van der Waals surface area contributed by atoms with Crippen LogP contribution in [0.1, 0.15) is 38.2 Å². The average molecular weight is 301 g/mol. The van der Waals surface area contributed by atoms with Crippen LogP contribution < -0.4 is 0 Å². The predicted molar refractivity (Wildman–Crippen MR) is 85.4 cm³/mol. The van der Waals surface area contributed by atoms with Crippen molar-refractivity contribution in [3.8, 4) is 0 Å². The van der Waals surface area contributed by atoms with Gasteiger partial charge in [-0.1, -0.05) is 42.5 Å². The van der Waals surface area contributed by atoms with Crippen molar-refractivity contribution in [3.63, 3.8) is 0 Å². The fraction of sp³-hybridized carbons (Fsp3) is 0.444. The lowest BCUT2D eigenvalue weighted by molar-refractivity contribution is -0.129. The molecule has 2 amide bonds. The number of carbonyl (C=O) groups is 2. The summed E-state index contributed by atoms with van der Waals surface area (Å²) in [6.07, 6.45) is 7.38. The van der Waals surface area contributed by atoms with Gasteiger partial charge in [0.2, 0.25) is 5.91 Å². The zero-order chi connectivity index (χ0) is 15.8. The van der Waals surface area contributed by atoms with E-state index in [0.717, 1.165) is 24.8 Å². The van der Waals surface area contributed by atoms with Gasteiger partial charge in [0.05, 0.1) is 6.04 Å². The maximum absolute atomic E-state index is 12.3. The minimum absolute atomic E-state index is 0.121. The fourth-order valence-corrected chi connectivity index (χ4v) is 2.63. The molecular weight excluding hydrogens is 278 g/mol. The molecule has 118 valence electrons. The molecule has 0 unspecified atom stereocenters. The quantitative estimate of drug-likeness (QED) is 0.569. The Labute approximate surface area is 131 Å². The van der Waals surface area contributed by atoms with E-state index in [1.165, 1.54) is 4.90 Å². The van der Waals surface area contributed by atoms with Gasteiger partial charge in [-0.25, -0.2) is 9.69 Å². The molecule has 22 heavy (non-hydrogen) atoms. The summed E-state index contributed by atoms with van der Waals surface area (Å²) in [5.41, 5.74) is 1.11. The SMILES string of the molecule is C/C=C/CCCCC(=O)N1C(=O)OC[C@H]1Cc1ccccc1. The summed E-state index contributed by atoms with van der Waals surface area (Å²) in [6.45, 7) is 2.28. The molecule has 2 rings (SSSR count). The zero-order valence-electron chi connectivity index (χ0n) is 13.0. The third-order valence-corrected chi connectivity index (χ3v) is 3.79. The van der Waals surface area contributed by atoms with Gasteiger partial charge in [-0.05, 0) is 38.2 Å². The molecule has 0 N–H and O–H groups in total. The molecule has 1 atom stereocenters. The van der Waals surface area contributed by atoms with Crippen molar-refractivity contribution in [2.75, 3.05) is 6.61 Å². The number of carbonyl (C=O) groups excluding carboxylic acids is 2. The van der Waals surface area contributed by atoms with E-state index in [2.05, 4.69) is 6.08 Å². The van der Waals surface area contributed by atoms with Crippen LogP contribution in [0.4, 0.5) is 4.79 Å². The Morgan fingerprint density at radius 2 is 2.09 bits per heavy atom. The zero-order valence-corrected chi connectivity index (χ0v) is 13.0. The van der Waals surface area contributed by atoms with Crippen LogP contribution in [0.3, 0.4) is 0 Å². The van der Waals surface area contributed by atoms with Gasteiger partial charge >= 0.3 is 6.09 Å². The number of rotatable bonds is 7. The molecule has 0 bridgehead atoms. The molecule has 1 fully saturated rings. The largest absolute Gasteiger partial charge is 0.447 e. The molecular formula is C18H23NO3. The first-order valence-corrected chi connectivity index (χ1v) is 7.86.